The molecule has 0 bridgehead atoms. The molecule has 1 aliphatic heterocycles. The molecule has 1 aliphatic rings. The van der Waals surface area contributed by atoms with Gasteiger partial charge in [-0.25, -0.2) is 0 Å². The van der Waals surface area contributed by atoms with E-state index in [-0.39, 0.29) is 11.9 Å². The maximum absolute atomic E-state index is 12.9. The molecular formula is C16H14N6OS. The molecule has 0 radical (unpaired) electrons. The van der Waals surface area contributed by atoms with E-state index < -0.39 is 0 Å². The Morgan fingerprint density at radius 3 is 2.83 bits per heavy atom. The van der Waals surface area contributed by atoms with E-state index in [2.05, 4.69) is 26.2 Å². The van der Waals surface area contributed by atoms with Crippen LogP contribution < -0.4 is 10.6 Å². The quantitative estimate of drug-likeness (QED) is 0.767. The number of amides is 1. The third kappa shape index (κ3) is 2.46. The van der Waals surface area contributed by atoms with E-state index in [1.807, 2.05) is 54.8 Å². The fraction of sp³-hybridized carbons (Fsp3) is 0.125. The SMILES string of the molecule is CC1=C(C(=O)Nc2ccccc2)[C@H](c2cccs2)n2nnnc2N1. The van der Waals surface area contributed by atoms with Crippen molar-refractivity contribution in [1.82, 2.24) is 20.2 Å². The van der Waals surface area contributed by atoms with Crippen LogP contribution >= 0.6 is 11.3 Å². The van der Waals surface area contributed by atoms with Crippen LogP contribution in [0.2, 0.25) is 0 Å². The first-order valence-corrected chi connectivity index (χ1v) is 8.27. The van der Waals surface area contributed by atoms with Crippen LogP contribution in [-0.4, -0.2) is 26.1 Å². The Bertz CT molecular complexity index is 900. The van der Waals surface area contributed by atoms with Crippen molar-refractivity contribution >= 4 is 28.9 Å². The van der Waals surface area contributed by atoms with Crippen molar-refractivity contribution < 1.29 is 4.79 Å². The summed E-state index contributed by atoms with van der Waals surface area (Å²) in [6.07, 6.45) is 0. The molecule has 0 aliphatic carbocycles. The second-order valence-electron chi connectivity index (χ2n) is 5.35. The average Bonchev–Trinajstić information content (AvgIpc) is 3.25. The van der Waals surface area contributed by atoms with Crippen LogP contribution in [-0.2, 0) is 4.79 Å². The number of nitrogens with one attached hydrogen (secondary N) is 2. The number of allylic oxidation sites excluding steroid dienone is 1. The summed E-state index contributed by atoms with van der Waals surface area (Å²) in [6.45, 7) is 1.86. The highest BCUT2D eigenvalue weighted by Crippen LogP contribution is 2.36. The van der Waals surface area contributed by atoms with Gasteiger partial charge in [-0.05, 0) is 40.9 Å². The molecule has 8 heteroatoms. The molecule has 0 saturated carbocycles. The van der Waals surface area contributed by atoms with Gasteiger partial charge < -0.3 is 10.6 Å². The van der Waals surface area contributed by atoms with Gasteiger partial charge in [0.1, 0.15) is 6.04 Å². The van der Waals surface area contributed by atoms with E-state index in [1.54, 1.807) is 16.0 Å². The first-order valence-electron chi connectivity index (χ1n) is 7.39. The lowest BCUT2D eigenvalue weighted by Gasteiger charge is -2.26. The van der Waals surface area contributed by atoms with Gasteiger partial charge in [-0.1, -0.05) is 29.4 Å². The van der Waals surface area contributed by atoms with Crippen molar-refractivity contribution in [2.45, 2.75) is 13.0 Å². The number of rotatable bonds is 3. The molecule has 1 atom stereocenters. The number of tetrazole rings is 1. The van der Waals surface area contributed by atoms with Gasteiger partial charge in [0.25, 0.3) is 5.91 Å². The molecule has 0 spiro atoms. The van der Waals surface area contributed by atoms with Gasteiger partial charge in [-0.2, -0.15) is 4.68 Å². The van der Waals surface area contributed by atoms with E-state index >= 15 is 0 Å². The number of thiophene rings is 1. The van der Waals surface area contributed by atoms with E-state index in [0.29, 0.717) is 11.5 Å². The summed E-state index contributed by atoms with van der Waals surface area (Å²) in [5, 5.41) is 19.8. The summed E-state index contributed by atoms with van der Waals surface area (Å²) in [5.74, 6) is 0.355. The summed E-state index contributed by atoms with van der Waals surface area (Å²) in [4.78, 5) is 13.9. The number of hydrogen-bond acceptors (Lipinski definition) is 6. The van der Waals surface area contributed by atoms with Crippen molar-refractivity contribution in [3.63, 3.8) is 0 Å². The molecule has 1 amide bonds. The number of para-hydroxylation sites is 1. The molecule has 4 rings (SSSR count). The van der Waals surface area contributed by atoms with E-state index in [4.69, 9.17) is 0 Å². The molecule has 0 saturated heterocycles. The number of benzene rings is 1. The lowest BCUT2D eigenvalue weighted by Crippen LogP contribution is -2.31. The highest BCUT2D eigenvalue weighted by Gasteiger charge is 2.34. The third-order valence-electron chi connectivity index (χ3n) is 3.80. The summed E-state index contributed by atoms with van der Waals surface area (Å²) in [6, 6.07) is 13.0. The molecular weight excluding hydrogens is 324 g/mol. The summed E-state index contributed by atoms with van der Waals surface area (Å²) in [5.41, 5.74) is 2.08. The van der Waals surface area contributed by atoms with Gasteiger partial charge >= 0.3 is 0 Å². The van der Waals surface area contributed by atoms with Crippen LogP contribution in [0.4, 0.5) is 11.6 Å². The molecule has 3 heterocycles. The zero-order valence-electron chi connectivity index (χ0n) is 12.8. The summed E-state index contributed by atoms with van der Waals surface area (Å²) >= 11 is 1.57. The second-order valence-corrected chi connectivity index (χ2v) is 6.33. The maximum Gasteiger partial charge on any atom is 0.255 e. The van der Waals surface area contributed by atoms with Gasteiger partial charge in [0.2, 0.25) is 5.95 Å². The largest absolute Gasteiger partial charge is 0.326 e. The number of carbonyl (C=O) groups excluding carboxylic acids is 1. The molecule has 2 aromatic heterocycles. The fourth-order valence-electron chi connectivity index (χ4n) is 2.74. The monoisotopic (exact) mass is 338 g/mol. The predicted octanol–water partition coefficient (Wildman–Crippen LogP) is 2.66. The number of hydrogen-bond donors (Lipinski definition) is 2. The van der Waals surface area contributed by atoms with Crippen molar-refractivity contribution in [1.29, 1.82) is 0 Å². The number of nitrogens with zero attached hydrogens (tertiary/aromatic N) is 4. The van der Waals surface area contributed by atoms with Gasteiger partial charge in [0.05, 0.1) is 5.57 Å². The van der Waals surface area contributed by atoms with Gasteiger partial charge in [0.15, 0.2) is 0 Å². The number of carbonyl (C=O) groups is 1. The van der Waals surface area contributed by atoms with E-state index in [0.717, 1.165) is 16.3 Å². The first-order chi connectivity index (χ1) is 11.7. The summed E-state index contributed by atoms with van der Waals surface area (Å²) in [7, 11) is 0. The van der Waals surface area contributed by atoms with Crippen LogP contribution in [0.1, 0.15) is 17.8 Å². The van der Waals surface area contributed by atoms with Crippen LogP contribution in [0.25, 0.3) is 0 Å². The van der Waals surface area contributed by atoms with Crippen LogP contribution in [0, 0.1) is 0 Å². The molecule has 3 aromatic rings. The molecule has 120 valence electrons. The molecule has 1 aromatic carbocycles. The minimum atomic E-state index is -0.347. The zero-order chi connectivity index (χ0) is 16.5. The van der Waals surface area contributed by atoms with Gasteiger partial charge in [-0.3, -0.25) is 4.79 Å². The zero-order valence-corrected chi connectivity index (χ0v) is 13.6. The van der Waals surface area contributed by atoms with Crippen LogP contribution in [0.3, 0.4) is 0 Å². The predicted molar refractivity (Wildman–Crippen MR) is 91.7 cm³/mol. The van der Waals surface area contributed by atoms with Crippen molar-refractivity contribution in [3.05, 3.63) is 64.0 Å². The van der Waals surface area contributed by atoms with Crippen molar-refractivity contribution in [3.8, 4) is 0 Å². The Balaban J connectivity index is 1.75. The third-order valence-corrected chi connectivity index (χ3v) is 4.73. The first kappa shape index (κ1) is 14.6. The summed E-state index contributed by atoms with van der Waals surface area (Å²) < 4.78 is 1.64. The Hall–Kier alpha value is -3.00. The molecule has 0 unspecified atom stereocenters. The molecule has 0 fully saturated rings. The normalized spacial score (nSPS) is 16.5. The number of fused-ring (bicyclic) bond motifs is 1. The van der Waals surface area contributed by atoms with Crippen molar-refractivity contribution in [2.24, 2.45) is 0 Å². The minimum absolute atomic E-state index is 0.175. The van der Waals surface area contributed by atoms with Gasteiger partial charge in [0, 0.05) is 16.3 Å². The fourth-order valence-corrected chi connectivity index (χ4v) is 3.55. The Morgan fingerprint density at radius 1 is 1.25 bits per heavy atom. The lowest BCUT2D eigenvalue weighted by atomic mass is 10.0. The topological polar surface area (TPSA) is 84.7 Å². The van der Waals surface area contributed by atoms with Crippen molar-refractivity contribution in [2.75, 3.05) is 10.6 Å². The highest BCUT2D eigenvalue weighted by atomic mass is 32.1. The maximum atomic E-state index is 12.9. The molecule has 24 heavy (non-hydrogen) atoms. The standard InChI is InChI=1S/C16H14N6OS/c1-10-13(15(23)18-11-6-3-2-4-7-11)14(12-8-5-9-24-12)22-16(17-10)19-20-21-22/h2-9,14H,1H3,(H,18,23)(H,17,19,21)/t14-/m0/s1. The lowest BCUT2D eigenvalue weighted by molar-refractivity contribution is -0.113. The molecule has 2 N–H and O–H groups in total. The minimum Gasteiger partial charge on any atom is -0.326 e. The molecule has 7 nitrogen and oxygen atoms in total. The number of anilines is 2. The second kappa shape index (κ2) is 5.89. The Labute approximate surface area is 142 Å². The van der Waals surface area contributed by atoms with Crippen LogP contribution in [0.15, 0.2) is 59.1 Å². The average molecular weight is 338 g/mol. The Kier molecular flexibility index (Phi) is 3.58. The van der Waals surface area contributed by atoms with Crippen LogP contribution in [0.5, 0.6) is 0 Å². The van der Waals surface area contributed by atoms with E-state index in [9.17, 15) is 4.79 Å². The van der Waals surface area contributed by atoms with Gasteiger partial charge in [-0.15, -0.1) is 11.3 Å². The highest BCUT2D eigenvalue weighted by molar-refractivity contribution is 7.10. The van der Waals surface area contributed by atoms with E-state index in [1.165, 1.54) is 0 Å². The Morgan fingerprint density at radius 2 is 2.08 bits per heavy atom. The number of aromatic nitrogens is 4. The smallest absolute Gasteiger partial charge is 0.255 e.